The number of benzene rings is 1. The van der Waals surface area contributed by atoms with E-state index in [1.165, 1.54) is 11.8 Å². The van der Waals surface area contributed by atoms with Crippen molar-refractivity contribution in [3.63, 3.8) is 0 Å². The first kappa shape index (κ1) is 19.7. The standard InChI is InChI=1S/C15H11Cl2F3N2O2S/c16-10-2-1-8(11(17)4-10)6-25-7-13(23)22-12-3-9(15(18,19)20)5-21-14(12)24/h1-5H,6-7H2,(H,21,24)(H,22,23). The summed E-state index contributed by atoms with van der Waals surface area (Å²) in [4.78, 5) is 25.3. The molecule has 0 fully saturated rings. The molecule has 10 heteroatoms. The predicted molar refractivity (Wildman–Crippen MR) is 93.3 cm³/mol. The van der Waals surface area contributed by atoms with Crippen molar-refractivity contribution < 1.29 is 18.0 Å². The summed E-state index contributed by atoms with van der Waals surface area (Å²) in [7, 11) is 0. The van der Waals surface area contributed by atoms with Crippen molar-refractivity contribution in [1.29, 1.82) is 0 Å². The molecule has 2 aromatic rings. The number of H-pyrrole nitrogens is 1. The maximum Gasteiger partial charge on any atom is 0.417 e. The zero-order valence-electron chi connectivity index (χ0n) is 12.4. The van der Waals surface area contributed by atoms with E-state index in [-0.39, 0.29) is 5.75 Å². The van der Waals surface area contributed by atoms with Gasteiger partial charge in [0.1, 0.15) is 5.69 Å². The highest BCUT2D eigenvalue weighted by molar-refractivity contribution is 7.99. The number of hydrogen-bond acceptors (Lipinski definition) is 3. The molecule has 0 atom stereocenters. The van der Waals surface area contributed by atoms with Crippen molar-refractivity contribution in [3.8, 4) is 0 Å². The van der Waals surface area contributed by atoms with E-state index in [0.717, 1.165) is 5.56 Å². The van der Waals surface area contributed by atoms with Crippen LogP contribution in [0.5, 0.6) is 0 Å². The van der Waals surface area contributed by atoms with E-state index in [1.807, 2.05) is 4.98 Å². The van der Waals surface area contributed by atoms with Crippen LogP contribution < -0.4 is 10.9 Å². The maximum absolute atomic E-state index is 12.6. The van der Waals surface area contributed by atoms with E-state index < -0.39 is 28.9 Å². The lowest BCUT2D eigenvalue weighted by molar-refractivity contribution is -0.137. The second-order valence-corrected chi connectivity index (χ2v) is 6.73. The highest BCUT2D eigenvalue weighted by atomic mass is 35.5. The van der Waals surface area contributed by atoms with Gasteiger partial charge in [-0.3, -0.25) is 9.59 Å². The van der Waals surface area contributed by atoms with Gasteiger partial charge in [-0.25, -0.2) is 0 Å². The van der Waals surface area contributed by atoms with Gasteiger partial charge in [-0.05, 0) is 23.8 Å². The molecule has 0 aliphatic heterocycles. The number of halogens is 5. The van der Waals surface area contributed by atoms with Gasteiger partial charge in [0.25, 0.3) is 5.56 Å². The molecule has 4 nitrogen and oxygen atoms in total. The number of amides is 1. The van der Waals surface area contributed by atoms with Gasteiger partial charge in [0, 0.05) is 22.0 Å². The monoisotopic (exact) mass is 410 g/mol. The number of aromatic nitrogens is 1. The summed E-state index contributed by atoms with van der Waals surface area (Å²) in [6.45, 7) is 0. The van der Waals surface area contributed by atoms with Crippen LogP contribution in [0.3, 0.4) is 0 Å². The fourth-order valence-corrected chi connectivity index (χ4v) is 3.20. The third-order valence-corrected chi connectivity index (χ3v) is 4.58. The summed E-state index contributed by atoms with van der Waals surface area (Å²) < 4.78 is 37.9. The Labute approximate surface area is 154 Å². The molecule has 0 spiro atoms. The number of anilines is 1. The van der Waals surface area contributed by atoms with Crippen molar-refractivity contribution >= 4 is 46.6 Å². The lowest BCUT2D eigenvalue weighted by Gasteiger charge is -2.09. The van der Waals surface area contributed by atoms with Gasteiger partial charge in [0.05, 0.1) is 11.3 Å². The molecule has 134 valence electrons. The molecule has 0 bridgehead atoms. The lowest BCUT2D eigenvalue weighted by atomic mass is 10.2. The molecule has 0 aliphatic carbocycles. The average Bonchev–Trinajstić information content (AvgIpc) is 2.50. The molecular weight excluding hydrogens is 400 g/mol. The fourth-order valence-electron chi connectivity index (χ4n) is 1.82. The Morgan fingerprint density at radius 2 is 1.96 bits per heavy atom. The Kier molecular flexibility index (Phi) is 6.42. The van der Waals surface area contributed by atoms with Gasteiger partial charge in [-0.1, -0.05) is 29.3 Å². The van der Waals surface area contributed by atoms with Crippen molar-refractivity contribution in [2.24, 2.45) is 0 Å². The van der Waals surface area contributed by atoms with Crippen LogP contribution in [0, 0.1) is 0 Å². The number of nitrogens with one attached hydrogen (secondary N) is 2. The SMILES string of the molecule is O=C(CSCc1ccc(Cl)cc1Cl)Nc1cc(C(F)(F)F)c[nH]c1=O. The van der Waals surface area contributed by atoms with E-state index in [2.05, 4.69) is 5.32 Å². The zero-order chi connectivity index (χ0) is 18.6. The number of aromatic amines is 1. The van der Waals surface area contributed by atoms with Crippen LogP contribution in [0.4, 0.5) is 18.9 Å². The summed E-state index contributed by atoms with van der Waals surface area (Å²) >= 11 is 13.0. The molecular formula is C15H11Cl2F3N2O2S. The third-order valence-electron chi connectivity index (χ3n) is 3.01. The molecule has 1 aromatic heterocycles. The highest BCUT2D eigenvalue weighted by Gasteiger charge is 2.31. The molecule has 0 aliphatic rings. The summed E-state index contributed by atoms with van der Waals surface area (Å²) in [6, 6.07) is 5.54. The number of hydrogen-bond donors (Lipinski definition) is 2. The summed E-state index contributed by atoms with van der Waals surface area (Å²) in [5.41, 5.74) is -1.55. The maximum atomic E-state index is 12.6. The largest absolute Gasteiger partial charge is 0.417 e. The highest BCUT2D eigenvalue weighted by Crippen LogP contribution is 2.29. The predicted octanol–water partition coefficient (Wildman–Crippen LogP) is 4.57. The van der Waals surface area contributed by atoms with Crippen LogP contribution in [-0.4, -0.2) is 16.6 Å². The minimum Gasteiger partial charge on any atom is -0.327 e. The molecule has 1 aromatic carbocycles. The Morgan fingerprint density at radius 1 is 1.24 bits per heavy atom. The van der Waals surface area contributed by atoms with E-state index in [0.29, 0.717) is 28.1 Å². The molecule has 0 saturated carbocycles. The molecule has 0 radical (unpaired) electrons. The first-order valence-electron chi connectivity index (χ1n) is 6.78. The van der Waals surface area contributed by atoms with Gasteiger partial charge >= 0.3 is 6.18 Å². The second-order valence-electron chi connectivity index (χ2n) is 4.91. The molecule has 0 unspecified atom stereocenters. The van der Waals surface area contributed by atoms with E-state index in [1.54, 1.807) is 18.2 Å². The Bertz CT molecular complexity index is 840. The third kappa shape index (κ3) is 5.69. The minimum atomic E-state index is -4.62. The second kappa shape index (κ2) is 8.16. The van der Waals surface area contributed by atoms with Crippen LogP contribution in [0.25, 0.3) is 0 Å². The van der Waals surface area contributed by atoms with Gasteiger partial charge in [-0.2, -0.15) is 13.2 Å². The van der Waals surface area contributed by atoms with Crippen molar-refractivity contribution in [2.75, 3.05) is 11.1 Å². The Balaban J connectivity index is 1.95. The number of carbonyl (C=O) groups excluding carboxylic acids is 1. The summed E-state index contributed by atoms with van der Waals surface area (Å²) in [5, 5.41) is 3.11. The number of thioether (sulfide) groups is 1. The minimum absolute atomic E-state index is 0.0609. The first-order valence-corrected chi connectivity index (χ1v) is 8.69. The van der Waals surface area contributed by atoms with Crippen LogP contribution in [0.15, 0.2) is 35.3 Å². The molecule has 2 rings (SSSR count). The number of carbonyl (C=O) groups is 1. The average molecular weight is 411 g/mol. The van der Waals surface area contributed by atoms with E-state index in [9.17, 15) is 22.8 Å². The molecule has 2 N–H and O–H groups in total. The lowest BCUT2D eigenvalue weighted by Crippen LogP contribution is -2.22. The molecule has 0 saturated heterocycles. The van der Waals surface area contributed by atoms with Gasteiger partial charge in [-0.15, -0.1) is 11.8 Å². The molecule has 1 heterocycles. The normalized spacial score (nSPS) is 11.4. The Morgan fingerprint density at radius 3 is 2.60 bits per heavy atom. The summed E-state index contributed by atoms with van der Waals surface area (Å²) in [6.07, 6.45) is -4.07. The van der Waals surface area contributed by atoms with Gasteiger partial charge in [0.2, 0.25) is 5.91 Å². The summed E-state index contributed by atoms with van der Waals surface area (Å²) in [5.74, 6) is -0.253. The van der Waals surface area contributed by atoms with Crippen molar-refractivity contribution in [2.45, 2.75) is 11.9 Å². The topological polar surface area (TPSA) is 62.0 Å². The number of rotatable bonds is 5. The smallest absolute Gasteiger partial charge is 0.327 e. The number of pyridine rings is 1. The van der Waals surface area contributed by atoms with Gasteiger partial charge in [0.15, 0.2) is 0 Å². The van der Waals surface area contributed by atoms with Crippen molar-refractivity contribution in [1.82, 2.24) is 4.98 Å². The molecule has 25 heavy (non-hydrogen) atoms. The van der Waals surface area contributed by atoms with Crippen LogP contribution in [0.2, 0.25) is 10.0 Å². The first-order chi connectivity index (χ1) is 11.7. The van der Waals surface area contributed by atoms with E-state index >= 15 is 0 Å². The van der Waals surface area contributed by atoms with E-state index in [4.69, 9.17) is 23.2 Å². The zero-order valence-corrected chi connectivity index (χ0v) is 14.7. The van der Waals surface area contributed by atoms with Crippen LogP contribution >= 0.6 is 35.0 Å². The van der Waals surface area contributed by atoms with Crippen molar-refractivity contribution in [3.05, 3.63) is 62.0 Å². The molecule has 1 amide bonds. The van der Waals surface area contributed by atoms with Crippen LogP contribution in [0.1, 0.15) is 11.1 Å². The quantitative estimate of drug-likeness (QED) is 0.758. The fraction of sp³-hybridized carbons (Fsp3) is 0.200. The van der Waals surface area contributed by atoms with Crippen LogP contribution in [-0.2, 0) is 16.7 Å². The van der Waals surface area contributed by atoms with Gasteiger partial charge < -0.3 is 10.3 Å². The number of alkyl halides is 3. The Hall–Kier alpha value is -1.64.